The summed E-state index contributed by atoms with van der Waals surface area (Å²) in [5.74, 6) is -1.41. The summed E-state index contributed by atoms with van der Waals surface area (Å²) >= 11 is 1.21. The number of amides is 1. The first-order valence-corrected chi connectivity index (χ1v) is 7.26. The number of alkyl carbamates (subject to hydrolysis) is 1. The van der Waals surface area contributed by atoms with E-state index in [0.29, 0.717) is 4.90 Å². The lowest BCUT2D eigenvalue weighted by atomic mass is 10.2. The van der Waals surface area contributed by atoms with Gasteiger partial charge >= 0.3 is 12.1 Å². The summed E-state index contributed by atoms with van der Waals surface area (Å²) in [7, 11) is 0. The Balaban J connectivity index is 2.56. The number of thioether (sulfide) groups is 1. The Morgan fingerprint density at radius 1 is 1.33 bits per heavy atom. The van der Waals surface area contributed by atoms with Gasteiger partial charge in [-0.05, 0) is 45.0 Å². The van der Waals surface area contributed by atoms with Crippen molar-refractivity contribution < 1.29 is 23.8 Å². The second-order valence-electron chi connectivity index (χ2n) is 5.30. The van der Waals surface area contributed by atoms with Crippen LogP contribution < -0.4 is 5.32 Å². The summed E-state index contributed by atoms with van der Waals surface area (Å²) in [6, 6.07) is 4.59. The van der Waals surface area contributed by atoms with E-state index in [1.807, 2.05) is 0 Å². The lowest BCUT2D eigenvalue weighted by molar-refractivity contribution is -0.138. The van der Waals surface area contributed by atoms with E-state index in [2.05, 4.69) is 5.32 Å². The number of rotatable bonds is 5. The van der Waals surface area contributed by atoms with Crippen LogP contribution in [0.5, 0.6) is 0 Å². The Morgan fingerprint density at radius 2 is 1.90 bits per heavy atom. The Morgan fingerprint density at radius 3 is 2.38 bits per heavy atom. The second kappa shape index (κ2) is 7.31. The normalized spacial score (nSPS) is 12.6. The van der Waals surface area contributed by atoms with Crippen molar-refractivity contribution in [2.24, 2.45) is 0 Å². The molecule has 5 nitrogen and oxygen atoms in total. The number of nitrogens with one attached hydrogen (secondary N) is 1. The molecule has 1 amide bonds. The van der Waals surface area contributed by atoms with Crippen molar-refractivity contribution in [3.63, 3.8) is 0 Å². The summed E-state index contributed by atoms with van der Waals surface area (Å²) in [6.07, 6.45) is -0.783. The van der Waals surface area contributed by atoms with Crippen LogP contribution in [0.4, 0.5) is 9.18 Å². The molecule has 0 bridgehead atoms. The number of carboxylic acids is 1. The Hall–Kier alpha value is -1.76. The minimum atomic E-state index is -1.16. The number of hydrogen-bond acceptors (Lipinski definition) is 4. The van der Waals surface area contributed by atoms with E-state index < -0.39 is 23.7 Å². The second-order valence-corrected chi connectivity index (χ2v) is 6.40. The van der Waals surface area contributed by atoms with Crippen LogP contribution in [0.1, 0.15) is 20.8 Å². The summed E-state index contributed by atoms with van der Waals surface area (Å²) in [6.45, 7) is 5.07. The molecule has 0 spiro atoms. The van der Waals surface area contributed by atoms with Crippen LogP contribution in [0.15, 0.2) is 29.2 Å². The molecule has 1 unspecified atom stereocenters. The summed E-state index contributed by atoms with van der Waals surface area (Å²) in [5.41, 5.74) is -0.697. The Kier molecular flexibility index (Phi) is 6.02. The van der Waals surface area contributed by atoms with E-state index in [1.165, 1.54) is 23.9 Å². The molecule has 0 aliphatic carbocycles. The Labute approximate surface area is 126 Å². The standard InChI is InChI=1S/C14H18FNO4S/c1-14(2,3)20-13(19)16-11(12(17)18)8-21-10-6-4-9(15)5-7-10/h4-7,11H,8H2,1-3H3,(H,16,19)(H,17,18). The summed E-state index contributed by atoms with van der Waals surface area (Å²) in [5, 5.41) is 11.4. The minimum absolute atomic E-state index is 0.111. The van der Waals surface area contributed by atoms with E-state index in [-0.39, 0.29) is 11.6 Å². The van der Waals surface area contributed by atoms with Gasteiger partial charge in [-0.2, -0.15) is 0 Å². The summed E-state index contributed by atoms with van der Waals surface area (Å²) < 4.78 is 17.8. The topological polar surface area (TPSA) is 75.6 Å². The highest BCUT2D eigenvalue weighted by atomic mass is 32.2. The fraction of sp³-hybridized carbons (Fsp3) is 0.429. The molecule has 0 aromatic heterocycles. The molecule has 0 aliphatic rings. The van der Waals surface area contributed by atoms with Crippen molar-refractivity contribution in [2.75, 3.05) is 5.75 Å². The average Bonchev–Trinajstić information content (AvgIpc) is 2.33. The molecule has 1 aromatic rings. The smallest absolute Gasteiger partial charge is 0.408 e. The van der Waals surface area contributed by atoms with Crippen LogP contribution in [0.3, 0.4) is 0 Å². The van der Waals surface area contributed by atoms with Gasteiger partial charge in [0.05, 0.1) is 0 Å². The molecule has 0 aliphatic heterocycles. The molecule has 116 valence electrons. The molecular weight excluding hydrogens is 297 g/mol. The molecule has 7 heteroatoms. The number of halogens is 1. The number of hydrogen-bond donors (Lipinski definition) is 2. The first-order valence-electron chi connectivity index (χ1n) is 6.28. The molecule has 1 rings (SSSR count). The third-order valence-corrected chi connectivity index (χ3v) is 3.32. The van der Waals surface area contributed by atoms with Gasteiger partial charge in [0, 0.05) is 10.6 Å². The van der Waals surface area contributed by atoms with Crippen molar-refractivity contribution in [3.8, 4) is 0 Å². The number of ether oxygens (including phenoxy) is 1. The fourth-order valence-corrected chi connectivity index (χ4v) is 2.25. The van der Waals surface area contributed by atoms with Gasteiger partial charge in [0.2, 0.25) is 0 Å². The van der Waals surface area contributed by atoms with Crippen molar-refractivity contribution in [3.05, 3.63) is 30.1 Å². The first-order chi connectivity index (χ1) is 9.67. The van der Waals surface area contributed by atoms with Gasteiger partial charge in [-0.1, -0.05) is 0 Å². The zero-order valence-corrected chi connectivity index (χ0v) is 12.9. The number of carbonyl (C=O) groups is 2. The predicted octanol–water partition coefficient (Wildman–Crippen LogP) is 2.90. The van der Waals surface area contributed by atoms with Gasteiger partial charge in [0.15, 0.2) is 0 Å². The highest BCUT2D eigenvalue weighted by Gasteiger charge is 2.24. The highest BCUT2D eigenvalue weighted by Crippen LogP contribution is 2.19. The minimum Gasteiger partial charge on any atom is -0.480 e. The van der Waals surface area contributed by atoms with Crippen molar-refractivity contribution in [2.45, 2.75) is 37.3 Å². The van der Waals surface area contributed by atoms with Gasteiger partial charge in [0.1, 0.15) is 17.5 Å². The maximum absolute atomic E-state index is 12.8. The molecule has 1 atom stereocenters. The molecule has 21 heavy (non-hydrogen) atoms. The van der Waals surface area contributed by atoms with Crippen molar-refractivity contribution in [1.29, 1.82) is 0 Å². The van der Waals surface area contributed by atoms with Gasteiger partial charge in [-0.3, -0.25) is 0 Å². The van der Waals surface area contributed by atoms with Crippen LogP contribution >= 0.6 is 11.8 Å². The van der Waals surface area contributed by atoms with Crippen molar-refractivity contribution >= 4 is 23.8 Å². The number of aliphatic carboxylic acids is 1. The third-order valence-electron chi connectivity index (χ3n) is 2.22. The maximum Gasteiger partial charge on any atom is 0.408 e. The molecule has 1 aromatic carbocycles. The van der Waals surface area contributed by atoms with E-state index in [1.54, 1.807) is 32.9 Å². The average molecular weight is 315 g/mol. The van der Waals surface area contributed by atoms with Crippen LogP contribution in [-0.4, -0.2) is 34.6 Å². The molecule has 0 radical (unpaired) electrons. The SMILES string of the molecule is CC(C)(C)OC(=O)NC(CSc1ccc(F)cc1)C(=O)O. The maximum atomic E-state index is 12.8. The number of benzene rings is 1. The third kappa shape index (κ3) is 6.99. The largest absolute Gasteiger partial charge is 0.480 e. The molecule has 2 N–H and O–H groups in total. The highest BCUT2D eigenvalue weighted by molar-refractivity contribution is 7.99. The molecule has 0 fully saturated rings. The number of carbonyl (C=O) groups excluding carboxylic acids is 1. The van der Waals surface area contributed by atoms with Gasteiger partial charge in [-0.25, -0.2) is 14.0 Å². The van der Waals surface area contributed by atoms with Gasteiger partial charge < -0.3 is 15.2 Å². The monoisotopic (exact) mass is 315 g/mol. The van der Waals surface area contributed by atoms with Crippen molar-refractivity contribution in [1.82, 2.24) is 5.32 Å². The van der Waals surface area contributed by atoms with Crippen LogP contribution in [0.2, 0.25) is 0 Å². The summed E-state index contributed by atoms with van der Waals surface area (Å²) in [4.78, 5) is 23.4. The van der Waals surface area contributed by atoms with E-state index in [4.69, 9.17) is 9.84 Å². The number of carboxylic acid groups (broad SMARTS) is 1. The van der Waals surface area contributed by atoms with Crippen LogP contribution in [0, 0.1) is 5.82 Å². The first kappa shape index (κ1) is 17.3. The van der Waals surface area contributed by atoms with E-state index in [9.17, 15) is 14.0 Å². The lowest BCUT2D eigenvalue weighted by Gasteiger charge is -2.21. The zero-order valence-electron chi connectivity index (χ0n) is 12.1. The van der Waals surface area contributed by atoms with Crippen LogP contribution in [0.25, 0.3) is 0 Å². The molecule has 0 saturated heterocycles. The zero-order chi connectivity index (χ0) is 16.0. The van der Waals surface area contributed by atoms with Crippen LogP contribution in [-0.2, 0) is 9.53 Å². The fourth-order valence-electron chi connectivity index (χ4n) is 1.33. The molecule has 0 heterocycles. The Bertz CT molecular complexity index is 499. The van der Waals surface area contributed by atoms with Gasteiger partial charge in [-0.15, -0.1) is 11.8 Å². The quantitative estimate of drug-likeness (QED) is 0.817. The van der Waals surface area contributed by atoms with E-state index >= 15 is 0 Å². The molecule has 0 saturated carbocycles. The lowest BCUT2D eigenvalue weighted by Crippen LogP contribution is -2.44. The van der Waals surface area contributed by atoms with Gasteiger partial charge in [0.25, 0.3) is 0 Å². The predicted molar refractivity (Wildman–Crippen MR) is 77.9 cm³/mol. The molecular formula is C14H18FNO4S. The van der Waals surface area contributed by atoms with E-state index in [0.717, 1.165) is 0 Å².